The highest BCUT2D eigenvalue weighted by Crippen LogP contribution is 2.32. The molecule has 6 rings (SSSR count). The number of thiazole rings is 1. The quantitative estimate of drug-likeness (QED) is 0.635. The number of alkyl halides is 1. The highest BCUT2D eigenvalue weighted by atomic mass is 32.1. The molecule has 0 unspecified atom stereocenters. The smallest absolute Gasteiger partial charge is 0.171 e. The van der Waals surface area contributed by atoms with Gasteiger partial charge in [0, 0.05) is 37.4 Å². The summed E-state index contributed by atoms with van der Waals surface area (Å²) in [5.41, 5.74) is 2.92. The molecular weight excluding hydrogens is 427 g/mol. The number of hydrogen-bond donors (Lipinski definition) is 1. The van der Waals surface area contributed by atoms with Gasteiger partial charge in [-0.1, -0.05) is 0 Å². The first kappa shape index (κ1) is 20.3. The van der Waals surface area contributed by atoms with Crippen LogP contribution in [0.4, 0.5) is 15.9 Å². The minimum Gasteiger partial charge on any atom is -0.378 e. The van der Waals surface area contributed by atoms with Gasteiger partial charge in [0.2, 0.25) is 0 Å². The number of nitrogens with zero attached hydrogens (tertiary/aromatic N) is 5. The summed E-state index contributed by atoms with van der Waals surface area (Å²) in [5, 5.41) is 4.62. The predicted octanol–water partition coefficient (Wildman–Crippen LogP) is 3.26. The number of aromatic nitrogens is 3. The lowest BCUT2D eigenvalue weighted by Gasteiger charge is -2.37. The molecule has 0 spiro atoms. The average Bonchev–Trinajstić information content (AvgIpc) is 3.42. The van der Waals surface area contributed by atoms with Crippen LogP contribution in [0.5, 0.6) is 0 Å². The van der Waals surface area contributed by atoms with Crippen molar-refractivity contribution in [3.05, 3.63) is 30.6 Å². The predicted molar refractivity (Wildman–Crippen MR) is 125 cm³/mol. The van der Waals surface area contributed by atoms with Crippen LogP contribution in [-0.2, 0) is 4.74 Å². The molecule has 3 aliphatic rings. The summed E-state index contributed by atoms with van der Waals surface area (Å²) < 4.78 is 19.8. The Balaban J connectivity index is 1.14. The summed E-state index contributed by atoms with van der Waals surface area (Å²) in [5.74, 6) is 0.832. The molecule has 7 nitrogen and oxygen atoms in total. The third kappa shape index (κ3) is 4.04. The lowest BCUT2D eigenvalue weighted by atomic mass is 10.0. The molecule has 0 aromatic carbocycles. The van der Waals surface area contributed by atoms with E-state index < -0.39 is 6.17 Å². The fraction of sp³-hybridized carbons (Fsp3) is 0.522. The third-order valence-corrected chi connectivity index (χ3v) is 7.69. The Kier molecular flexibility index (Phi) is 5.40. The fourth-order valence-corrected chi connectivity index (χ4v) is 5.65. The molecule has 32 heavy (non-hydrogen) atoms. The standard InChI is InChI=1S/C23H27FN6OS/c24-16-3-6-30(12-16)21-2-1-15(10-25-21)23-28-22-20(32-23)9-19(11-26-22)29-7-4-17(5-8-29)27-18-13-31-14-18/h1-2,9-11,16-18,27H,3-8,12-14H2/t16-/m1/s1. The van der Waals surface area contributed by atoms with Crippen LogP contribution in [0.1, 0.15) is 19.3 Å². The van der Waals surface area contributed by atoms with Gasteiger partial charge < -0.3 is 19.9 Å². The van der Waals surface area contributed by atoms with Gasteiger partial charge in [0.05, 0.1) is 42.4 Å². The summed E-state index contributed by atoms with van der Waals surface area (Å²) in [4.78, 5) is 18.3. The van der Waals surface area contributed by atoms with E-state index in [9.17, 15) is 4.39 Å². The molecular formula is C23H27FN6OS. The highest BCUT2D eigenvalue weighted by molar-refractivity contribution is 7.21. The minimum absolute atomic E-state index is 0.433. The number of rotatable bonds is 5. The maximum Gasteiger partial charge on any atom is 0.171 e. The maximum absolute atomic E-state index is 13.5. The van der Waals surface area contributed by atoms with Crippen molar-refractivity contribution in [3.63, 3.8) is 0 Å². The summed E-state index contributed by atoms with van der Waals surface area (Å²) in [6.45, 7) is 4.93. The number of hydrogen-bond acceptors (Lipinski definition) is 8. The molecule has 0 bridgehead atoms. The Morgan fingerprint density at radius 2 is 1.84 bits per heavy atom. The Hall–Kier alpha value is -2.36. The zero-order valence-corrected chi connectivity index (χ0v) is 18.7. The molecule has 3 aromatic heterocycles. The number of fused-ring (bicyclic) bond motifs is 1. The molecule has 9 heteroatoms. The van der Waals surface area contributed by atoms with Crippen molar-refractivity contribution in [1.29, 1.82) is 0 Å². The molecule has 3 aromatic rings. The van der Waals surface area contributed by atoms with Crippen LogP contribution < -0.4 is 15.1 Å². The molecule has 3 saturated heterocycles. The number of halogens is 1. The molecule has 1 N–H and O–H groups in total. The van der Waals surface area contributed by atoms with Crippen molar-refractivity contribution in [2.75, 3.05) is 49.2 Å². The van der Waals surface area contributed by atoms with E-state index in [4.69, 9.17) is 9.72 Å². The Morgan fingerprint density at radius 1 is 1.00 bits per heavy atom. The minimum atomic E-state index is -0.750. The monoisotopic (exact) mass is 454 g/mol. The van der Waals surface area contributed by atoms with E-state index in [1.54, 1.807) is 11.3 Å². The van der Waals surface area contributed by atoms with Gasteiger partial charge in [-0.15, -0.1) is 11.3 Å². The van der Waals surface area contributed by atoms with E-state index in [1.807, 2.05) is 29.4 Å². The van der Waals surface area contributed by atoms with Crippen LogP contribution >= 0.6 is 11.3 Å². The van der Waals surface area contributed by atoms with Crippen LogP contribution in [0.2, 0.25) is 0 Å². The second-order valence-corrected chi connectivity index (χ2v) is 9.96. The van der Waals surface area contributed by atoms with E-state index >= 15 is 0 Å². The van der Waals surface area contributed by atoms with Crippen LogP contribution in [0.3, 0.4) is 0 Å². The molecule has 6 heterocycles. The van der Waals surface area contributed by atoms with Gasteiger partial charge in [-0.3, -0.25) is 0 Å². The lowest BCUT2D eigenvalue weighted by Crippen LogP contribution is -2.53. The van der Waals surface area contributed by atoms with Crippen molar-refractivity contribution in [2.24, 2.45) is 0 Å². The Bertz CT molecular complexity index is 1080. The number of nitrogens with one attached hydrogen (secondary N) is 1. The van der Waals surface area contributed by atoms with E-state index in [1.165, 1.54) is 5.69 Å². The molecule has 0 amide bonds. The Morgan fingerprint density at radius 3 is 2.53 bits per heavy atom. The molecule has 3 aliphatic heterocycles. The van der Waals surface area contributed by atoms with Crippen LogP contribution in [0.15, 0.2) is 30.6 Å². The van der Waals surface area contributed by atoms with E-state index in [0.29, 0.717) is 25.0 Å². The van der Waals surface area contributed by atoms with Crippen molar-refractivity contribution >= 4 is 33.2 Å². The first-order chi connectivity index (χ1) is 15.7. The molecule has 168 valence electrons. The summed E-state index contributed by atoms with van der Waals surface area (Å²) in [6, 6.07) is 7.33. The van der Waals surface area contributed by atoms with Crippen molar-refractivity contribution in [1.82, 2.24) is 20.3 Å². The third-order valence-electron chi connectivity index (χ3n) is 6.65. The molecule has 0 radical (unpaired) electrons. The SMILES string of the molecule is F[C@@H]1CCN(c2ccc(-c3nc4ncc(N5CCC(NC6COC6)CC5)cc4s3)cn2)C1. The van der Waals surface area contributed by atoms with E-state index in [2.05, 4.69) is 26.3 Å². The zero-order valence-electron chi connectivity index (χ0n) is 17.9. The molecule has 1 atom stereocenters. The number of ether oxygens (including phenoxy) is 1. The lowest BCUT2D eigenvalue weighted by molar-refractivity contribution is -0.0111. The van der Waals surface area contributed by atoms with Gasteiger partial charge in [0.25, 0.3) is 0 Å². The van der Waals surface area contributed by atoms with Crippen molar-refractivity contribution in [2.45, 2.75) is 37.5 Å². The van der Waals surface area contributed by atoms with E-state index in [-0.39, 0.29) is 0 Å². The molecule has 0 aliphatic carbocycles. The topological polar surface area (TPSA) is 66.4 Å². The average molecular weight is 455 g/mol. The maximum atomic E-state index is 13.5. The van der Waals surface area contributed by atoms with Crippen LogP contribution in [0.25, 0.3) is 20.9 Å². The number of anilines is 2. The van der Waals surface area contributed by atoms with Crippen molar-refractivity contribution < 1.29 is 9.13 Å². The molecule has 3 fully saturated rings. The van der Waals surface area contributed by atoms with Crippen LogP contribution in [-0.4, -0.2) is 72.6 Å². The van der Waals surface area contributed by atoms with Crippen molar-refractivity contribution in [3.8, 4) is 10.6 Å². The molecule has 0 saturated carbocycles. The summed E-state index contributed by atoms with van der Waals surface area (Å²) in [7, 11) is 0. The van der Waals surface area contributed by atoms with Gasteiger partial charge in [-0.25, -0.2) is 19.3 Å². The van der Waals surface area contributed by atoms with E-state index in [0.717, 1.165) is 72.4 Å². The highest BCUT2D eigenvalue weighted by Gasteiger charge is 2.26. The summed E-state index contributed by atoms with van der Waals surface area (Å²) >= 11 is 1.65. The first-order valence-electron chi connectivity index (χ1n) is 11.4. The number of pyridine rings is 2. The van der Waals surface area contributed by atoms with Gasteiger partial charge in [-0.05, 0) is 37.5 Å². The van der Waals surface area contributed by atoms with Crippen LogP contribution in [0, 0.1) is 0 Å². The van der Waals surface area contributed by atoms with Gasteiger partial charge in [0.1, 0.15) is 17.0 Å². The fourth-order valence-electron chi connectivity index (χ4n) is 4.70. The van der Waals surface area contributed by atoms with Gasteiger partial charge in [-0.2, -0.15) is 0 Å². The second kappa shape index (κ2) is 8.53. The van der Waals surface area contributed by atoms with Gasteiger partial charge >= 0.3 is 0 Å². The Labute approximate surface area is 190 Å². The summed E-state index contributed by atoms with van der Waals surface area (Å²) in [6.07, 6.45) is 5.90. The number of piperidine rings is 1. The normalized spacial score (nSPS) is 22.6. The first-order valence-corrected chi connectivity index (χ1v) is 12.2. The zero-order chi connectivity index (χ0) is 21.5. The largest absolute Gasteiger partial charge is 0.378 e. The van der Waals surface area contributed by atoms with Gasteiger partial charge in [0.15, 0.2) is 5.65 Å². The second-order valence-electron chi connectivity index (χ2n) is 8.93.